The number of hydrogen-bond donors (Lipinski definition) is 6. The topological polar surface area (TPSA) is 174 Å². The molecule has 0 bridgehead atoms. The maximum Gasteiger partial charge on any atom is 0.327 e. The molecule has 4 aromatic rings. The van der Waals surface area contributed by atoms with Gasteiger partial charge in [0, 0.05) is 47.6 Å². The number of nitrogens with zero attached hydrogens (tertiary/aromatic N) is 1. The van der Waals surface area contributed by atoms with Gasteiger partial charge in [-0.1, -0.05) is 0 Å². The van der Waals surface area contributed by atoms with E-state index in [4.69, 9.17) is 20.0 Å². The molecule has 0 fully saturated rings. The summed E-state index contributed by atoms with van der Waals surface area (Å²) >= 11 is 0. The number of aliphatic hydroxyl groups excluding tert-OH is 1. The van der Waals surface area contributed by atoms with Crippen LogP contribution in [0.1, 0.15) is 20.8 Å². The Hall–Kier alpha value is -4.58. The highest BCUT2D eigenvalue weighted by molar-refractivity contribution is 6.01. The summed E-state index contributed by atoms with van der Waals surface area (Å²) in [5.74, 6) is 0.144. The average molecular weight is 495 g/mol. The monoisotopic (exact) mass is 494 g/mol. The maximum absolute atomic E-state index is 12.7. The Morgan fingerprint density at radius 3 is 2.42 bits per heavy atom. The van der Waals surface area contributed by atoms with Crippen molar-refractivity contribution in [3.8, 4) is 11.5 Å². The van der Waals surface area contributed by atoms with Crippen LogP contribution in [-0.2, 0) is 6.54 Å². The summed E-state index contributed by atoms with van der Waals surface area (Å²) in [6, 6.07) is 9.80. The SMILES string of the molecule is COc1cc2[nH]c(=O)n(CCNC(=O)c3cc4cc(C(=O)NCCO)ccc4[nH]3)c(=N)c2cc1OC. The van der Waals surface area contributed by atoms with Gasteiger partial charge in [0.15, 0.2) is 11.5 Å². The van der Waals surface area contributed by atoms with Crippen molar-refractivity contribution in [1.82, 2.24) is 25.2 Å². The molecule has 188 valence electrons. The Morgan fingerprint density at radius 2 is 1.69 bits per heavy atom. The van der Waals surface area contributed by atoms with Gasteiger partial charge < -0.3 is 35.2 Å². The molecule has 0 unspecified atom stereocenters. The zero-order valence-corrected chi connectivity index (χ0v) is 19.7. The summed E-state index contributed by atoms with van der Waals surface area (Å²) in [5, 5.41) is 23.8. The van der Waals surface area contributed by atoms with E-state index < -0.39 is 11.6 Å². The molecule has 4 rings (SSSR count). The van der Waals surface area contributed by atoms with Crippen LogP contribution in [0.15, 0.2) is 41.2 Å². The molecule has 0 aliphatic heterocycles. The number of ether oxygens (including phenoxy) is 2. The molecule has 2 aromatic heterocycles. The van der Waals surface area contributed by atoms with Crippen LogP contribution in [0.3, 0.4) is 0 Å². The summed E-state index contributed by atoms with van der Waals surface area (Å²) in [5.41, 5.74) is 1.29. The second-order valence-electron chi connectivity index (χ2n) is 7.90. The first-order valence-corrected chi connectivity index (χ1v) is 11.1. The lowest BCUT2D eigenvalue weighted by Crippen LogP contribution is -2.39. The van der Waals surface area contributed by atoms with Gasteiger partial charge >= 0.3 is 5.69 Å². The number of aliphatic hydroxyl groups is 1. The first-order chi connectivity index (χ1) is 17.4. The van der Waals surface area contributed by atoms with Gasteiger partial charge in [-0.25, -0.2) is 4.79 Å². The zero-order valence-electron chi connectivity index (χ0n) is 19.7. The third-order valence-corrected chi connectivity index (χ3v) is 5.68. The van der Waals surface area contributed by atoms with Crippen molar-refractivity contribution in [3.05, 3.63) is 63.6 Å². The Balaban J connectivity index is 1.48. The number of rotatable bonds is 9. The van der Waals surface area contributed by atoms with Gasteiger partial charge in [-0.05, 0) is 30.3 Å². The fraction of sp³-hybridized carbons (Fsp3) is 0.250. The molecule has 2 aromatic carbocycles. The number of aromatic nitrogens is 3. The minimum Gasteiger partial charge on any atom is -0.493 e. The molecule has 0 spiro atoms. The number of carbonyl (C=O) groups is 2. The number of fused-ring (bicyclic) bond motifs is 2. The van der Waals surface area contributed by atoms with Gasteiger partial charge in [-0.3, -0.25) is 19.6 Å². The smallest absolute Gasteiger partial charge is 0.327 e. The van der Waals surface area contributed by atoms with Crippen molar-refractivity contribution in [2.75, 3.05) is 33.9 Å². The zero-order chi connectivity index (χ0) is 25.8. The molecule has 2 amide bonds. The molecule has 0 radical (unpaired) electrons. The van der Waals surface area contributed by atoms with Crippen LogP contribution < -0.4 is 31.3 Å². The number of H-pyrrole nitrogens is 2. The average Bonchev–Trinajstić information content (AvgIpc) is 3.32. The number of nitrogens with one attached hydrogen (secondary N) is 5. The molecule has 36 heavy (non-hydrogen) atoms. The summed E-state index contributed by atoms with van der Waals surface area (Å²) < 4.78 is 11.8. The third-order valence-electron chi connectivity index (χ3n) is 5.68. The van der Waals surface area contributed by atoms with Crippen molar-refractivity contribution in [2.45, 2.75) is 6.54 Å². The van der Waals surface area contributed by atoms with Gasteiger partial charge in [-0.2, -0.15) is 0 Å². The van der Waals surface area contributed by atoms with E-state index in [1.54, 1.807) is 36.4 Å². The van der Waals surface area contributed by atoms with Crippen LogP contribution >= 0.6 is 0 Å². The highest BCUT2D eigenvalue weighted by Crippen LogP contribution is 2.29. The molecule has 0 saturated heterocycles. The molecule has 2 heterocycles. The quantitative estimate of drug-likeness (QED) is 0.197. The van der Waals surface area contributed by atoms with Crippen LogP contribution in [0, 0.1) is 5.41 Å². The second kappa shape index (κ2) is 10.4. The predicted octanol–water partition coefficient (Wildman–Crippen LogP) is 0.460. The van der Waals surface area contributed by atoms with Crippen LogP contribution in [0.4, 0.5) is 0 Å². The summed E-state index contributed by atoms with van der Waals surface area (Å²) in [7, 11) is 2.97. The lowest BCUT2D eigenvalue weighted by molar-refractivity contribution is 0.0938. The largest absolute Gasteiger partial charge is 0.493 e. The van der Waals surface area contributed by atoms with E-state index in [0.29, 0.717) is 44.6 Å². The normalized spacial score (nSPS) is 11.0. The summed E-state index contributed by atoms with van der Waals surface area (Å²) in [4.78, 5) is 43.1. The van der Waals surface area contributed by atoms with E-state index in [-0.39, 0.29) is 37.6 Å². The predicted molar refractivity (Wildman–Crippen MR) is 132 cm³/mol. The fourth-order valence-corrected chi connectivity index (χ4v) is 3.87. The number of aromatic amines is 2. The lowest BCUT2D eigenvalue weighted by atomic mass is 10.1. The van der Waals surface area contributed by atoms with Crippen LogP contribution in [0.25, 0.3) is 21.8 Å². The second-order valence-corrected chi connectivity index (χ2v) is 7.90. The van der Waals surface area contributed by atoms with E-state index in [1.165, 1.54) is 18.8 Å². The molecule has 12 heteroatoms. The molecule has 0 aliphatic rings. The van der Waals surface area contributed by atoms with E-state index >= 15 is 0 Å². The molecule has 0 aliphatic carbocycles. The number of benzene rings is 2. The molecular weight excluding hydrogens is 468 g/mol. The standard InChI is InChI=1S/C24H26N6O6/c1-35-19-11-15-17(12-20(19)36-2)29-24(34)30(21(15)25)7-5-26-23(33)18-10-14-9-13(3-4-16(14)28-18)22(32)27-6-8-31/h3-4,9-12,25,28,31H,5-8H2,1-2H3,(H,26,33)(H,27,32)(H,29,34). The molecule has 12 nitrogen and oxygen atoms in total. The number of carbonyl (C=O) groups excluding carboxylic acids is 2. The van der Waals surface area contributed by atoms with E-state index in [0.717, 1.165) is 0 Å². The van der Waals surface area contributed by atoms with Gasteiger partial charge in [0.2, 0.25) is 0 Å². The van der Waals surface area contributed by atoms with Gasteiger partial charge in [0.25, 0.3) is 11.8 Å². The Morgan fingerprint density at radius 1 is 0.972 bits per heavy atom. The van der Waals surface area contributed by atoms with Crippen molar-refractivity contribution in [2.24, 2.45) is 0 Å². The Kier molecular flexibility index (Phi) is 7.06. The van der Waals surface area contributed by atoms with Crippen LogP contribution in [0.2, 0.25) is 0 Å². The van der Waals surface area contributed by atoms with Crippen molar-refractivity contribution in [3.63, 3.8) is 0 Å². The number of methoxy groups -OCH3 is 2. The van der Waals surface area contributed by atoms with E-state index in [1.807, 2.05) is 0 Å². The Labute approximate surface area is 204 Å². The molecule has 6 N–H and O–H groups in total. The highest BCUT2D eigenvalue weighted by atomic mass is 16.5. The fourth-order valence-electron chi connectivity index (χ4n) is 3.87. The van der Waals surface area contributed by atoms with E-state index in [9.17, 15) is 14.4 Å². The van der Waals surface area contributed by atoms with E-state index in [2.05, 4.69) is 20.6 Å². The van der Waals surface area contributed by atoms with Crippen molar-refractivity contribution < 1.29 is 24.2 Å². The number of hydrogen-bond acceptors (Lipinski definition) is 7. The van der Waals surface area contributed by atoms with Gasteiger partial charge in [0.05, 0.1) is 26.3 Å². The minimum atomic E-state index is -0.494. The highest BCUT2D eigenvalue weighted by Gasteiger charge is 2.14. The first-order valence-electron chi connectivity index (χ1n) is 11.1. The molecule has 0 saturated carbocycles. The third kappa shape index (κ3) is 4.79. The van der Waals surface area contributed by atoms with Crippen molar-refractivity contribution >= 4 is 33.6 Å². The van der Waals surface area contributed by atoms with Crippen LogP contribution in [0.5, 0.6) is 11.5 Å². The van der Waals surface area contributed by atoms with Crippen LogP contribution in [-0.4, -0.2) is 65.4 Å². The molecule has 0 atom stereocenters. The summed E-state index contributed by atoms with van der Waals surface area (Å²) in [6.45, 7) is 0.162. The Bertz CT molecular complexity index is 1570. The number of amides is 2. The lowest BCUT2D eigenvalue weighted by Gasteiger charge is -2.12. The van der Waals surface area contributed by atoms with Gasteiger partial charge in [-0.15, -0.1) is 0 Å². The van der Waals surface area contributed by atoms with Gasteiger partial charge in [0.1, 0.15) is 11.2 Å². The summed E-state index contributed by atoms with van der Waals surface area (Å²) in [6.07, 6.45) is 0. The maximum atomic E-state index is 12.7. The first kappa shape index (κ1) is 24.5. The molecular formula is C24H26N6O6. The minimum absolute atomic E-state index is 0.0263. The van der Waals surface area contributed by atoms with Crippen molar-refractivity contribution in [1.29, 1.82) is 5.41 Å².